The first-order chi connectivity index (χ1) is 9.49. The lowest BCUT2D eigenvalue weighted by molar-refractivity contribution is -0.385. The summed E-state index contributed by atoms with van der Waals surface area (Å²) in [5, 5.41) is 13.2. The number of nitrogens with zero attached hydrogens (tertiary/aromatic N) is 2. The van der Waals surface area contributed by atoms with Crippen molar-refractivity contribution in [3.8, 4) is 0 Å². The number of nitro groups is 1. The number of halogens is 1. The molecule has 1 N–H and O–H groups in total. The van der Waals surface area contributed by atoms with Crippen LogP contribution in [0.15, 0.2) is 36.5 Å². The molecule has 0 atom stereocenters. The van der Waals surface area contributed by atoms with Crippen LogP contribution in [0.3, 0.4) is 0 Å². The van der Waals surface area contributed by atoms with E-state index in [2.05, 4.69) is 10.3 Å². The maximum atomic E-state index is 13.3. The van der Waals surface area contributed by atoms with Crippen molar-refractivity contribution in [2.75, 3.05) is 5.32 Å². The number of aryl methyl sites for hydroxylation is 1. The standard InChI is InChI=1S/C13H10FN3O3/c1-8-4-5-9(7-11(8)17(19)20)16-13(18)10-3-2-6-15-12(10)14/h2-7H,1H3,(H,16,18). The lowest BCUT2D eigenvalue weighted by Gasteiger charge is -2.06. The van der Waals surface area contributed by atoms with E-state index in [1.165, 1.54) is 36.5 Å². The molecule has 20 heavy (non-hydrogen) atoms. The predicted molar refractivity (Wildman–Crippen MR) is 70.0 cm³/mol. The maximum absolute atomic E-state index is 13.3. The van der Waals surface area contributed by atoms with Gasteiger partial charge in [0.2, 0.25) is 5.95 Å². The third kappa shape index (κ3) is 2.77. The molecule has 2 rings (SSSR count). The van der Waals surface area contributed by atoms with Gasteiger partial charge in [0.1, 0.15) is 0 Å². The highest BCUT2D eigenvalue weighted by Gasteiger charge is 2.15. The molecule has 0 fully saturated rings. The molecule has 1 amide bonds. The van der Waals surface area contributed by atoms with Crippen LogP contribution in [0.2, 0.25) is 0 Å². The minimum Gasteiger partial charge on any atom is -0.322 e. The summed E-state index contributed by atoms with van der Waals surface area (Å²) in [4.78, 5) is 25.5. The zero-order valence-corrected chi connectivity index (χ0v) is 10.5. The van der Waals surface area contributed by atoms with Crippen LogP contribution in [-0.4, -0.2) is 15.8 Å². The van der Waals surface area contributed by atoms with Gasteiger partial charge in [0.15, 0.2) is 0 Å². The summed E-state index contributed by atoms with van der Waals surface area (Å²) in [6.45, 7) is 1.59. The van der Waals surface area contributed by atoms with E-state index in [-0.39, 0.29) is 16.9 Å². The molecule has 6 nitrogen and oxygen atoms in total. The minimum absolute atomic E-state index is 0.116. The van der Waals surface area contributed by atoms with Gasteiger partial charge in [0, 0.05) is 23.5 Å². The van der Waals surface area contributed by atoms with Crippen LogP contribution in [0.4, 0.5) is 15.8 Å². The largest absolute Gasteiger partial charge is 0.322 e. The monoisotopic (exact) mass is 275 g/mol. The highest BCUT2D eigenvalue weighted by Crippen LogP contribution is 2.22. The number of benzene rings is 1. The van der Waals surface area contributed by atoms with Crippen LogP contribution in [0, 0.1) is 23.0 Å². The number of anilines is 1. The Hall–Kier alpha value is -2.83. The zero-order valence-electron chi connectivity index (χ0n) is 10.5. The number of nitrogens with one attached hydrogen (secondary N) is 1. The Morgan fingerprint density at radius 1 is 1.40 bits per heavy atom. The van der Waals surface area contributed by atoms with Crippen molar-refractivity contribution in [3.63, 3.8) is 0 Å². The molecule has 0 bridgehead atoms. The normalized spacial score (nSPS) is 10.1. The van der Waals surface area contributed by atoms with Gasteiger partial charge in [-0.2, -0.15) is 4.39 Å². The Labute approximate surface area is 113 Å². The van der Waals surface area contributed by atoms with Crippen LogP contribution in [0.1, 0.15) is 15.9 Å². The second-order valence-corrected chi connectivity index (χ2v) is 4.05. The van der Waals surface area contributed by atoms with E-state index in [9.17, 15) is 19.3 Å². The Morgan fingerprint density at radius 3 is 2.80 bits per heavy atom. The lowest BCUT2D eigenvalue weighted by Crippen LogP contribution is -2.14. The molecule has 1 heterocycles. The second kappa shape index (κ2) is 5.43. The van der Waals surface area contributed by atoms with Gasteiger partial charge in [-0.1, -0.05) is 6.07 Å². The third-order valence-corrected chi connectivity index (χ3v) is 2.67. The van der Waals surface area contributed by atoms with Crippen LogP contribution >= 0.6 is 0 Å². The van der Waals surface area contributed by atoms with Gasteiger partial charge in [-0.15, -0.1) is 0 Å². The van der Waals surface area contributed by atoms with Gasteiger partial charge in [-0.05, 0) is 25.1 Å². The smallest absolute Gasteiger partial charge is 0.274 e. The average molecular weight is 275 g/mol. The number of amides is 1. The maximum Gasteiger partial charge on any atom is 0.274 e. The highest BCUT2D eigenvalue weighted by molar-refractivity contribution is 6.04. The van der Waals surface area contributed by atoms with Gasteiger partial charge in [-0.25, -0.2) is 4.98 Å². The van der Waals surface area contributed by atoms with E-state index in [0.29, 0.717) is 5.56 Å². The molecular formula is C13H10FN3O3. The van der Waals surface area contributed by atoms with Crippen LogP contribution in [0.25, 0.3) is 0 Å². The van der Waals surface area contributed by atoms with E-state index < -0.39 is 16.8 Å². The Balaban J connectivity index is 2.27. The molecule has 0 aliphatic rings. The molecular weight excluding hydrogens is 265 g/mol. The van der Waals surface area contributed by atoms with E-state index in [1.807, 2.05) is 0 Å². The SMILES string of the molecule is Cc1ccc(NC(=O)c2cccnc2F)cc1[N+](=O)[O-]. The van der Waals surface area contributed by atoms with E-state index in [4.69, 9.17) is 0 Å². The fourth-order valence-corrected chi connectivity index (χ4v) is 1.64. The topological polar surface area (TPSA) is 85.1 Å². The number of pyridine rings is 1. The molecule has 0 aliphatic carbocycles. The van der Waals surface area contributed by atoms with Crippen molar-refractivity contribution < 1.29 is 14.1 Å². The predicted octanol–water partition coefficient (Wildman–Crippen LogP) is 2.69. The van der Waals surface area contributed by atoms with Crippen LogP contribution in [-0.2, 0) is 0 Å². The average Bonchev–Trinajstić information content (AvgIpc) is 2.41. The number of nitro benzene ring substituents is 1. The molecule has 1 aromatic heterocycles. The minimum atomic E-state index is -0.897. The quantitative estimate of drug-likeness (QED) is 0.530. The molecule has 0 saturated heterocycles. The van der Waals surface area contributed by atoms with Crippen molar-refractivity contribution >= 4 is 17.3 Å². The fourth-order valence-electron chi connectivity index (χ4n) is 1.64. The Bertz CT molecular complexity index is 688. The van der Waals surface area contributed by atoms with Gasteiger partial charge >= 0.3 is 0 Å². The van der Waals surface area contributed by atoms with Gasteiger partial charge < -0.3 is 5.32 Å². The van der Waals surface area contributed by atoms with Gasteiger partial charge in [-0.3, -0.25) is 14.9 Å². The summed E-state index contributed by atoms with van der Waals surface area (Å²) in [5.74, 6) is -1.61. The van der Waals surface area contributed by atoms with Crippen molar-refractivity contribution in [2.24, 2.45) is 0 Å². The molecule has 0 saturated carbocycles. The summed E-state index contributed by atoms with van der Waals surface area (Å²) in [5.41, 5.74) is 0.348. The van der Waals surface area contributed by atoms with Crippen molar-refractivity contribution in [3.05, 3.63) is 63.7 Å². The molecule has 102 valence electrons. The summed E-state index contributed by atoms with van der Waals surface area (Å²) in [7, 11) is 0. The highest BCUT2D eigenvalue weighted by atomic mass is 19.1. The number of carbonyl (C=O) groups is 1. The summed E-state index contributed by atoms with van der Waals surface area (Å²) in [6, 6.07) is 6.94. The van der Waals surface area contributed by atoms with E-state index >= 15 is 0 Å². The molecule has 7 heteroatoms. The third-order valence-electron chi connectivity index (χ3n) is 2.67. The van der Waals surface area contributed by atoms with Gasteiger partial charge in [0.05, 0.1) is 10.5 Å². The molecule has 0 unspecified atom stereocenters. The zero-order chi connectivity index (χ0) is 14.7. The summed E-state index contributed by atoms with van der Waals surface area (Å²) < 4.78 is 13.3. The second-order valence-electron chi connectivity index (χ2n) is 4.05. The number of hydrogen-bond acceptors (Lipinski definition) is 4. The Kier molecular flexibility index (Phi) is 3.69. The molecule has 0 aliphatic heterocycles. The fraction of sp³-hybridized carbons (Fsp3) is 0.0769. The molecule has 0 radical (unpaired) electrons. The lowest BCUT2D eigenvalue weighted by atomic mass is 10.1. The number of aromatic nitrogens is 1. The van der Waals surface area contributed by atoms with Crippen molar-refractivity contribution in [2.45, 2.75) is 6.92 Å². The molecule has 2 aromatic rings. The van der Waals surface area contributed by atoms with Crippen molar-refractivity contribution in [1.29, 1.82) is 0 Å². The van der Waals surface area contributed by atoms with E-state index in [0.717, 1.165) is 0 Å². The first kappa shape index (κ1) is 13.6. The van der Waals surface area contributed by atoms with E-state index in [1.54, 1.807) is 6.92 Å². The molecule has 0 spiro atoms. The van der Waals surface area contributed by atoms with Crippen molar-refractivity contribution in [1.82, 2.24) is 4.98 Å². The number of rotatable bonds is 3. The molecule has 1 aromatic carbocycles. The first-order valence-corrected chi connectivity index (χ1v) is 5.66. The van der Waals surface area contributed by atoms with Crippen LogP contribution in [0.5, 0.6) is 0 Å². The Morgan fingerprint density at radius 2 is 2.15 bits per heavy atom. The van der Waals surface area contributed by atoms with Crippen LogP contribution < -0.4 is 5.32 Å². The van der Waals surface area contributed by atoms with Gasteiger partial charge in [0.25, 0.3) is 11.6 Å². The summed E-state index contributed by atoms with van der Waals surface area (Å²) >= 11 is 0. The number of carbonyl (C=O) groups excluding carboxylic acids is 1. The first-order valence-electron chi connectivity index (χ1n) is 5.66. The number of hydrogen-bond donors (Lipinski definition) is 1. The summed E-state index contributed by atoms with van der Waals surface area (Å²) in [6.07, 6.45) is 1.23.